The Morgan fingerprint density at radius 1 is 0.929 bits per heavy atom. The van der Waals surface area contributed by atoms with Crippen LogP contribution in [-0.2, 0) is 11.3 Å². The monoisotopic (exact) mass is 420 g/mol. The van der Waals surface area contributed by atoms with Crippen LogP contribution in [0.1, 0.15) is 50.5 Å². The van der Waals surface area contributed by atoms with Gasteiger partial charge in [-0.2, -0.15) is 0 Å². The molecule has 1 aromatic carbocycles. The highest BCUT2D eigenvalue weighted by molar-refractivity contribution is 6.42. The third-order valence-corrected chi connectivity index (χ3v) is 8.55. The molecule has 1 amide bonds. The average Bonchev–Trinajstić information content (AvgIpc) is 2.64. The minimum atomic E-state index is 0.350. The number of carbonyl (C=O) groups is 1. The van der Waals surface area contributed by atoms with Crippen LogP contribution in [0.3, 0.4) is 0 Å². The van der Waals surface area contributed by atoms with E-state index < -0.39 is 0 Å². The predicted octanol–water partition coefficient (Wildman–Crippen LogP) is 5.24. The van der Waals surface area contributed by atoms with E-state index in [1.807, 2.05) is 18.2 Å². The van der Waals surface area contributed by atoms with Crippen LogP contribution in [0, 0.1) is 23.2 Å². The molecule has 4 bridgehead atoms. The van der Waals surface area contributed by atoms with Gasteiger partial charge in [-0.25, -0.2) is 0 Å². The Hall–Kier alpha value is -0.770. The molecule has 0 unspecified atom stereocenters. The van der Waals surface area contributed by atoms with Crippen molar-refractivity contribution in [3.8, 4) is 0 Å². The fraction of sp³-hybridized carbons (Fsp3) is 0.696. The fourth-order valence-corrected chi connectivity index (χ4v) is 7.31. The smallest absolute Gasteiger partial charge is 0.223 e. The summed E-state index contributed by atoms with van der Waals surface area (Å²) in [7, 11) is 0. The molecule has 1 saturated heterocycles. The van der Waals surface area contributed by atoms with E-state index in [0.29, 0.717) is 21.4 Å². The van der Waals surface area contributed by atoms with Crippen LogP contribution in [-0.4, -0.2) is 41.9 Å². The van der Waals surface area contributed by atoms with Crippen LogP contribution in [0.5, 0.6) is 0 Å². The van der Waals surface area contributed by atoms with Crippen molar-refractivity contribution in [3.05, 3.63) is 33.8 Å². The molecule has 152 valence electrons. The number of benzene rings is 1. The topological polar surface area (TPSA) is 23.6 Å². The number of carbonyl (C=O) groups excluding carboxylic acids is 1. The molecule has 0 radical (unpaired) electrons. The largest absolute Gasteiger partial charge is 0.340 e. The Balaban J connectivity index is 1.15. The number of halogens is 2. The maximum Gasteiger partial charge on any atom is 0.223 e. The molecule has 0 N–H and O–H groups in total. The summed E-state index contributed by atoms with van der Waals surface area (Å²) in [4.78, 5) is 17.6. The van der Waals surface area contributed by atoms with Crippen molar-refractivity contribution in [2.24, 2.45) is 23.2 Å². The minimum Gasteiger partial charge on any atom is -0.340 e. The lowest BCUT2D eigenvalue weighted by atomic mass is 9.49. The van der Waals surface area contributed by atoms with Crippen LogP contribution in [0.4, 0.5) is 0 Å². The van der Waals surface area contributed by atoms with E-state index >= 15 is 0 Å². The first kappa shape index (κ1) is 19.2. The van der Waals surface area contributed by atoms with Crippen LogP contribution in [0.15, 0.2) is 18.2 Å². The molecule has 1 aromatic rings. The average molecular weight is 421 g/mol. The maximum absolute atomic E-state index is 13.1. The predicted molar refractivity (Wildman–Crippen MR) is 114 cm³/mol. The van der Waals surface area contributed by atoms with Gasteiger partial charge in [0.15, 0.2) is 0 Å². The Bertz CT molecular complexity index is 722. The highest BCUT2D eigenvalue weighted by atomic mass is 35.5. The van der Waals surface area contributed by atoms with E-state index in [0.717, 1.165) is 56.9 Å². The minimum absolute atomic E-state index is 0.350. The van der Waals surface area contributed by atoms with Crippen molar-refractivity contribution in [3.63, 3.8) is 0 Å². The van der Waals surface area contributed by atoms with Gasteiger partial charge in [-0.1, -0.05) is 29.3 Å². The van der Waals surface area contributed by atoms with E-state index in [2.05, 4.69) is 9.80 Å². The molecule has 0 atom stereocenters. The van der Waals surface area contributed by atoms with Crippen LogP contribution < -0.4 is 0 Å². The zero-order chi connectivity index (χ0) is 19.3. The quantitative estimate of drug-likeness (QED) is 0.664. The first-order valence-electron chi connectivity index (χ1n) is 10.9. The molecule has 0 spiro atoms. The van der Waals surface area contributed by atoms with Gasteiger partial charge in [0.05, 0.1) is 10.0 Å². The zero-order valence-corrected chi connectivity index (χ0v) is 18.0. The van der Waals surface area contributed by atoms with Crippen LogP contribution in [0.2, 0.25) is 10.0 Å². The highest BCUT2D eigenvalue weighted by Crippen LogP contribution is 2.61. The van der Waals surface area contributed by atoms with Crippen molar-refractivity contribution >= 4 is 29.1 Å². The molecule has 3 nitrogen and oxygen atoms in total. The molecule has 4 aliphatic carbocycles. The van der Waals surface area contributed by atoms with E-state index in [9.17, 15) is 4.79 Å². The fourth-order valence-electron chi connectivity index (χ4n) is 6.99. The molecular formula is C23H30Cl2N2O. The number of piperazine rings is 1. The lowest BCUT2D eigenvalue weighted by Crippen LogP contribution is -2.52. The summed E-state index contributed by atoms with van der Waals surface area (Å²) in [5, 5.41) is 1.22. The van der Waals surface area contributed by atoms with Gasteiger partial charge in [0.1, 0.15) is 0 Å². The molecule has 1 heterocycles. The molecule has 4 saturated carbocycles. The summed E-state index contributed by atoms with van der Waals surface area (Å²) in [6.45, 7) is 4.45. The first-order chi connectivity index (χ1) is 13.5. The summed E-state index contributed by atoms with van der Waals surface area (Å²) in [5.41, 5.74) is 1.53. The molecule has 6 rings (SSSR count). The summed E-state index contributed by atoms with van der Waals surface area (Å²) in [6, 6.07) is 5.86. The highest BCUT2D eigenvalue weighted by Gasteiger charge is 2.51. The van der Waals surface area contributed by atoms with Gasteiger partial charge in [0, 0.05) is 39.1 Å². The van der Waals surface area contributed by atoms with E-state index in [1.165, 1.54) is 44.1 Å². The standard InChI is InChI=1S/C23H30Cl2N2O/c24-20-2-1-16(10-21(20)25)15-26-3-5-27(6-4-26)22(28)14-23-11-17-7-18(12-23)9-19(8-17)13-23/h1-2,10,17-19H,3-9,11-15H2. The zero-order valence-electron chi connectivity index (χ0n) is 16.5. The van der Waals surface area contributed by atoms with Gasteiger partial charge >= 0.3 is 0 Å². The van der Waals surface area contributed by atoms with Crippen molar-refractivity contribution in [1.29, 1.82) is 0 Å². The third kappa shape index (κ3) is 3.82. The Kier molecular flexibility index (Phi) is 5.13. The molecule has 5 aliphatic rings. The second-order valence-electron chi connectivity index (χ2n) is 10.00. The van der Waals surface area contributed by atoms with E-state index in [1.54, 1.807) is 0 Å². The Morgan fingerprint density at radius 3 is 2.11 bits per heavy atom. The Morgan fingerprint density at radius 2 is 1.54 bits per heavy atom. The lowest BCUT2D eigenvalue weighted by Gasteiger charge is -2.57. The van der Waals surface area contributed by atoms with Crippen LogP contribution in [0.25, 0.3) is 0 Å². The van der Waals surface area contributed by atoms with E-state index in [-0.39, 0.29) is 0 Å². The van der Waals surface area contributed by atoms with Gasteiger partial charge in [-0.3, -0.25) is 9.69 Å². The second kappa shape index (κ2) is 7.49. The van der Waals surface area contributed by atoms with Crippen LogP contribution >= 0.6 is 23.2 Å². The van der Waals surface area contributed by atoms with Crippen molar-refractivity contribution < 1.29 is 4.79 Å². The Labute approximate surface area is 178 Å². The van der Waals surface area contributed by atoms with Crippen molar-refractivity contribution in [2.75, 3.05) is 26.2 Å². The molecule has 1 aliphatic heterocycles. The molecule has 28 heavy (non-hydrogen) atoms. The van der Waals surface area contributed by atoms with E-state index in [4.69, 9.17) is 23.2 Å². The summed E-state index contributed by atoms with van der Waals surface area (Å²) < 4.78 is 0. The molecule has 0 aromatic heterocycles. The number of rotatable bonds is 4. The number of nitrogens with zero attached hydrogens (tertiary/aromatic N) is 2. The number of amides is 1. The summed E-state index contributed by atoms with van der Waals surface area (Å²) in [5.74, 6) is 3.17. The number of hydrogen-bond donors (Lipinski definition) is 0. The third-order valence-electron chi connectivity index (χ3n) is 7.81. The van der Waals surface area contributed by atoms with Crippen molar-refractivity contribution in [1.82, 2.24) is 9.80 Å². The van der Waals surface area contributed by atoms with Gasteiger partial charge in [-0.15, -0.1) is 0 Å². The SMILES string of the molecule is O=C(CC12CC3CC(CC(C3)C1)C2)N1CCN(Cc2ccc(Cl)c(Cl)c2)CC1. The van der Waals surface area contributed by atoms with Gasteiger partial charge in [0.25, 0.3) is 0 Å². The normalized spacial score (nSPS) is 34.8. The van der Waals surface area contributed by atoms with Gasteiger partial charge < -0.3 is 4.90 Å². The maximum atomic E-state index is 13.1. The van der Waals surface area contributed by atoms with Gasteiger partial charge in [0.2, 0.25) is 5.91 Å². The molecular weight excluding hydrogens is 391 g/mol. The molecule has 5 heteroatoms. The summed E-state index contributed by atoms with van der Waals surface area (Å²) >= 11 is 12.2. The lowest BCUT2D eigenvalue weighted by molar-refractivity contribution is -0.141. The summed E-state index contributed by atoms with van der Waals surface area (Å²) in [6.07, 6.45) is 9.11. The molecule has 5 fully saturated rings. The second-order valence-corrected chi connectivity index (χ2v) is 10.8. The first-order valence-corrected chi connectivity index (χ1v) is 11.7. The van der Waals surface area contributed by atoms with Crippen molar-refractivity contribution in [2.45, 2.75) is 51.5 Å². The van der Waals surface area contributed by atoms with Gasteiger partial charge in [-0.05, 0) is 79.4 Å². The number of hydrogen-bond acceptors (Lipinski definition) is 2.